The van der Waals surface area contributed by atoms with Gasteiger partial charge in [-0.3, -0.25) is 0 Å². The molecular formula is C35H41F3O5. The maximum absolute atomic E-state index is 13.4. The average Bonchev–Trinajstić information content (AvgIpc) is 2.99. The van der Waals surface area contributed by atoms with Crippen LogP contribution in [-0.2, 0) is 4.74 Å². The molecule has 0 aliphatic carbocycles. The van der Waals surface area contributed by atoms with Gasteiger partial charge in [0.05, 0.1) is 17.7 Å². The molecule has 0 radical (unpaired) electrons. The number of ether oxygens (including phenoxy) is 3. The molecule has 3 aromatic rings. The number of hydrogen-bond donors (Lipinski definition) is 0. The van der Waals surface area contributed by atoms with Crippen LogP contribution in [0.5, 0.6) is 11.5 Å². The third-order valence-corrected chi connectivity index (χ3v) is 7.12. The molecule has 1 atom stereocenters. The summed E-state index contributed by atoms with van der Waals surface area (Å²) in [5, 5.41) is 0. The van der Waals surface area contributed by atoms with Crippen LogP contribution in [0.3, 0.4) is 0 Å². The van der Waals surface area contributed by atoms with Gasteiger partial charge in [-0.15, -0.1) is 0 Å². The Morgan fingerprint density at radius 3 is 1.88 bits per heavy atom. The van der Waals surface area contributed by atoms with E-state index in [4.69, 9.17) is 14.2 Å². The third-order valence-electron chi connectivity index (χ3n) is 7.12. The molecule has 232 valence electrons. The van der Waals surface area contributed by atoms with Gasteiger partial charge in [0.25, 0.3) is 0 Å². The maximum Gasteiger partial charge on any atom is 0.425 e. The lowest BCUT2D eigenvalue weighted by Gasteiger charge is -2.21. The number of esters is 2. The summed E-state index contributed by atoms with van der Waals surface area (Å²) in [7, 11) is 0. The second kappa shape index (κ2) is 16.7. The van der Waals surface area contributed by atoms with Crippen molar-refractivity contribution in [2.24, 2.45) is 0 Å². The van der Waals surface area contributed by atoms with E-state index in [9.17, 15) is 22.8 Å². The highest BCUT2D eigenvalue weighted by molar-refractivity contribution is 5.93. The van der Waals surface area contributed by atoms with Gasteiger partial charge < -0.3 is 14.2 Å². The minimum Gasteiger partial charge on any atom is -0.494 e. The molecule has 0 saturated carbocycles. The van der Waals surface area contributed by atoms with Gasteiger partial charge in [0.1, 0.15) is 11.5 Å². The molecule has 0 aliphatic rings. The van der Waals surface area contributed by atoms with Crippen LogP contribution in [0.2, 0.25) is 0 Å². The van der Waals surface area contributed by atoms with Crippen molar-refractivity contribution < 1.29 is 37.0 Å². The number of carbonyl (C=O) groups excluding carboxylic acids is 2. The van der Waals surface area contributed by atoms with Crippen LogP contribution < -0.4 is 9.47 Å². The van der Waals surface area contributed by atoms with E-state index in [-0.39, 0.29) is 17.7 Å². The van der Waals surface area contributed by atoms with Gasteiger partial charge in [-0.05, 0) is 85.3 Å². The van der Waals surface area contributed by atoms with E-state index >= 15 is 0 Å². The first-order chi connectivity index (χ1) is 20.6. The van der Waals surface area contributed by atoms with E-state index in [1.54, 1.807) is 19.1 Å². The number of alkyl halides is 3. The Morgan fingerprint density at radius 1 is 0.721 bits per heavy atom. The molecule has 0 spiro atoms. The van der Waals surface area contributed by atoms with Crippen molar-refractivity contribution in [1.82, 2.24) is 0 Å². The van der Waals surface area contributed by atoms with Crippen LogP contribution in [0.4, 0.5) is 13.2 Å². The topological polar surface area (TPSA) is 61.8 Å². The van der Waals surface area contributed by atoms with Gasteiger partial charge in [-0.2, -0.15) is 13.2 Å². The molecule has 5 nitrogen and oxygen atoms in total. The van der Waals surface area contributed by atoms with Crippen molar-refractivity contribution in [2.45, 2.75) is 90.8 Å². The Balaban J connectivity index is 1.57. The maximum atomic E-state index is 13.4. The lowest BCUT2D eigenvalue weighted by Crippen LogP contribution is -2.33. The van der Waals surface area contributed by atoms with E-state index < -0.39 is 24.2 Å². The quantitative estimate of drug-likeness (QED) is 0.0933. The van der Waals surface area contributed by atoms with Crippen LogP contribution in [0.15, 0.2) is 66.7 Å². The van der Waals surface area contributed by atoms with Gasteiger partial charge in [0, 0.05) is 0 Å². The summed E-state index contributed by atoms with van der Waals surface area (Å²) in [6.45, 7) is 6.44. The molecular weight excluding hydrogens is 557 g/mol. The predicted molar refractivity (Wildman–Crippen MR) is 162 cm³/mol. The zero-order chi connectivity index (χ0) is 31.2. The number of hydrogen-bond acceptors (Lipinski definition) is 5. The summed E-state index contributed by atoms with van der Waals surface area (Å²) in [4.78, 5) is 25.3. The largest absolute Gasteiger partial charge is 0.494 e. The summed E-state index contributed by atoms with van der Waals surface area (Å²) < 4.78 is 56.4. The van der Waals surface area contributed by atoms with Crippen LogP contribution in [0.1, 0.15) is 97.9 Å². The van der Waals surface area contributed by atoms with Crippen molar-refractivity contribution in [1.29, 1.82) is 0 Å². The molecule has 0 aromatic heterocycles. The van der Waals surface area contributed by atoms with Gasteiger partial charge in [0.15, 0.2) is 6.10 Å². The molecule has 3 aromatic carbocycles. The van der Waals surface area contributed by atoms with Gasteiger partial charge in [0.2, 0.25) is 0 Å². The molecule has 8 heteroatoms. The van der Waals surface area contributed by atoms with Gasteiger partial charge >= 0.3 is 18.1 Å². The zero-order valence-electron chi connectivity index (χ0n) is 25.2. The van der Waals surface area contributed by atoms with Crippen molar-refractivity contribution in [3.05, 3.63) is 83.4 Å². The van der Waals surface area contributed by atoms with Crippen molar-refractivity contribution >= 4 is 11.9 Å². The van der Waals surface area contributed by atoms with E-state index in [2.05, 4.69) is 6.92 Å². The summed E-state index contributed by atoms with van der Waals surface area (Å²) in [5.74, 6) is -0.650. The number of unbranched alkanes of at least 4 members (excludes halogenated alkanes) is 6. The molecule has 0 fully saturated rings. The number of aryl methyl sites for hydroxylation is 1. The fourth-order valence-corrected chi connectivity index (χ4v) is 4.55. The summed E-state index contributed by atoms with van der Waals surface area (Å²) in [6, 6.07) is 18.8. The van der Waals surface area contributed by atoms with Crippen LogP contribution in [-0.4, -0.2) is 30.8 Å². The number of carbonyl (C=O) groups is 2. The molecule has 0 unspecified atom stereocenters. The molecule has 3 rings (SSSR count). The monoisotopic (exact) mass is 598 g/mol. The highest BCUT2D eigenvalue weighted by Gasteiger charge is 2.42. The van der Waals surface area contributed by atoms with Crippen LogP contribution in [0, 0.1) is 6.92 Å². The van der Waals surface area contributed by atoms with Crippen LogP contribution in [0.25, 0.3) is 11.1 Å². The molecule has 0 bridgehead atoms. The Bertz CT molecular complexity index is 1300. The van der Waals surface area contributed by atoms with Gasteiger partial charge in [-0.1, -0.05) is 76.6 Å². The molecule has 0 amide bonds. The fraction of sp³-hybridized carbons (Fsp3) is 0.429. The predicted octanol–water partition coefficient (Wildman–Crippen LogP) is 9.90. The van der Waals surface area contributed by atoms with E-state index in [0.29, 0.717) is 30.6 Å². The Labute approximate surface area is 252 Å². The zero-order valence-corrected chi connectivity index (χ0v) is 25.2. The molecule has 0 aliphatic heterocycles. The van der Waals surface area contributed by atoms with E-state index in [0.717, 1.165) is 42.6 Å². The SMILES string of the molecule is CCCCCCOc1ccc(-c2ccc(C(=O)Oc3ccc(C(=O)O[C@H](CCCCCC)C(F)(F)F)cc3C)cc2)cc1. The minimum atomic E-state index is -4.65. The smallest absolute Gasteiger partial charge is 0.425 e. The Kier molecular flexibility index (Phi) is 13.1. The normalized spacial score (nSPS) is 12.0. The first kappa shape index (κ1) is 33.7. The second-order valence-corrected chi connectivity index (χ2v) is 10.7. The molecule has 43 heavy (non-hydrogen) atoms. The summed E-state index contributed by atoms with van der Waals surface area (Å²) in [6.07, 6.45) is 0.185. The first-order valence-electron chi connectivity index (χ1n) is 15.1. The number of benzene rings is 3. The van der Waals surface area contributed by atoms with Crippen molar-refractivity contribution in [3.8, 4) is 22.6 Å². The number of halogens is 3. The fourth-order valence-electron chi connectivity index (χ4n) is 4.55. The highest BCUT2D eigenvalue weighted by atomic mass is 19.4. The highest BCUT2D eigenvalue weighted by Crippen LogP contribution is 2.29. The molecule has 0 N–H and O–H groups in total. The average molecular weight is 599 g/mol. The number of rotatable bonds is 16. The van der Waals surface area contributed by atoms with E-state index in [1.165, 1.54) is 31.0 Å². The minimum absolute atomic E-state index is 0.0441. The van der Waals surface area contributed by atoms with Crippen molar-refractivity contribution in [3.63, 3.8) is 0 Å². The lowest BCUT2D eigenvalue weighted by molar-refractivity contribution is -0.206. The Morgan fingerprint density at radius 2 is 1.30 bits per heavy atom. The summed E-state index contributed by atoms with van der Waals surface area (Å²) in [5.41, 5.74) is 2.60. The Hall–Kier alpha value is -3.81. The standard InChI is InChI=1S/C35H41F3O5/c1-4-6-8-10-12-32(35(36,37)38)43-34(40)29-19-22-31(25(3)24-29)42-33(39)28-15-13-26(14-16-28)27-17-20-30(21-18-27)41-23-11-9-7-5-2/h13-22,24,32H,4-12,23H2,1-3H3/t32-/m1/s1. The third kappa shape index (κ3) is 10.8. The van der Waals surface area contributed by atoms with E-state index in [1.807, 2.05) is 43.3 Å². The first-order valence-corrected chi connectivity index (χ1v) is 15.1. The second-order valence-electron chi connectivity index (χ2n) is 10.7. The van der Waals surface area contributed by atoms with Gasteiger partial charge in [-0.25, -0.2) is 9.59 Å². The van der Waals surface area contributed by atoms with Crippen molar-refractivity contribution in [2.75, 3.05) is 6.61 Å². The molecule has 0 heterocycles. The lowest BCUT2D eigenvalue weighted by atomic mass is 10.0. The van der Waals surface area contributed by atoms with Crippen LogP contribution >= 0.6 is 0 Å². The molecule has 0 saturated heterocycles. The summed E-state index contributed by atoms with van der Waals surface area (Å²) >= 11 is 0.